The van der Waals surface area contributed by atoms with Crippen LogP contribution in [-0.4, -0.2) is 80.0 Å². The molecule has 10 nitrogen and oxygen atoms in total. The number of pyridine rings is 1. The van der Waals surface area contributed by atoms with Crippen molar-refractivity contribution in [3.8, 4) is 0 Å². The molecule has 1 aromatic carbocycles. The van der Waals surface area contributed by atoms with Crippen molar-refractivity contribution >= 4 is 39.3 Å². The minimum Gasteiger partial charge on any atom is -0.453 e. The lowest BCUT2D eigenvalue weighted by molar-refractivity contribution is -0.184. The van der Waals surface area contributed by atoms with Crippen LogP contribution in [0, 0.1) is 17.7 Å². The molecule has 0 radical (unpaired) electrons. The van der Waals surface area contributed by atoms with Crippen LogP contribution < -0.4 is 16.0 Å². The van der Waals surface area contributed by atoms with Crippen LogP contribution in [0.3, 0.4) is 0 Å². The van der Waals surface area contributed by atoms with Crippen LogP contribution in [0.5, 0.6) is 0 Å². The Kier molecular flexibility index (Phi) is 11.5. The summed E-state index contributed by atoms with van der Waals surface area (Å²) in [5.74, 6) is -4.07. The number of methoxy groups -OCH3 is 1. The number of ether oxygens (including phenoxy) is 1. The maximum Gasteiger partial charge on any atom is 0.407 e. The third kappa shape index (κ3) is 8.58. The summed E-state index contributed by atoms with van der Waals surface area (Å²) >= 11 is 6.12. The van der Waals surface area contributed by atoms with Crippen molar-refractivity contribution in [3.63, 3.8) is 0 Å². The zero-order chi connectivity index (χ0) is 34.6. The molecule has 2 aromatic rings. The molecular formula is C32H40ClF4N5O5S. The fourth-order valence-electron chi connectivity index (χ4n) is 7.32. The number of aromatic nitrogens is 1. The first kappa shape index (κ1) is 36.3. The Bertz CT molecular complexity index is 1560. The Labute approximate surface area is 282 Å². The second-order valence-corrected chi connectivity index (χ2v) is 15.3. The van der Waals surface area contributed by atoms with Gasteiger partial charge in [0.25, 0.3) is 0 Å². The summed E-state index contributed by atoms with van der Waals surface area (Å²) < 4.78 is 88.1. The van der Waals surface area contributed by atoms with Gasteiger partial charge in [-0.15, -0.1) is 0 Å². The zero-order valence-corrected chi connectivity index (χ0v) is 28.0. The topological polar surface area (TPSA) is 130 Å². The molecule has 1 aromatic heterocycles. The van der Waals surface area contributed by atoms with Crippen molar-refractivity contribution in [1.29, 1.82) is 0 Å². The molecular weight excluding hydrogens is 678 g/mol. The normalized spacial score (nSPS) is 26.8. The predicted octanol–water partition coefficient (Wildman–Crippen LogP) is 5.39. The number of anilines is 1. The second kappa shape index (κ2) is 15.3. The highest BCUT2D eigenvalue weighted by atomic mass is 35.5. The zero-order valence-electron chi connectivity index (χ0n) is 26.4. The smallest absolute Gasteiger partial charge is 0.407 e. The number of hydrogen-bond acceptors (Lipinski definition) is 7. The summed E-state index contributed by atoms with van der Waals surface area (Å²) in [6, 6.07) is 4.83. The molecule has 264 valence electrons. The van der Waals surface area contributed by atoms with Gasteiger partial charge in [0.2, 0.25) is 15.9 Å². The SMILES string of the molecule is COC(=O)N[C@H](C(=O)Nc1cncc(F)c1CCC1CN[C@@H]2CCCS(=O)(=O)N1C2)[C@@H](c1ccc(Cl)cc1)C1CCC(C(F)(F)F)CC1. The van der Waals surface area contributed by atoms with Gasteiger partial charge in [-0.2, -0.15) is 17.5 Å². The van der Waals surface area contributed by atoms with Gasteiger partial charge in [-0.1, -0.05) is 23.7 Å². The van der Waals surface area contributed by atoms with Crippen molar-refractivity contribution < 1.29 is 40.3 Å². The first-order valence-electron chi connectivity index (χ1n) is 16.1. The molecule has 2 unspecified atom stereocenters. The van der Waals surface area contributed by atoms with Gasteiger partial charge in [-0.05, 0) is 75.0 Å². The molecule has 5 atom stereocenters. The van der Waals surface area contributed by atoms with Crippen molar-refractivity contribution in [2.45, 2.75) is 81.6 Å². The van der Waals surface area contributed by atoms with E-state index in [0.717, 1.165) is 19.7 Å². The molecule has 48 heavy (non-hydrogen) atoms. The molecule has 2 amide bonds. The van der Waals surface area contributed by atoms with E-state index in [1.54, 1.807) is 24.3 Å². The van der Waals surface area contributed by atoms with Crippen LogP contribution in [0.25, 0.3) is 0 Å². The van der Waals surface area contributed by atoms with Crippen molar-refractivity contribution in [3.05, 3.63) is 58.6 Å². The molecule has 2 aliphatic heterocycles. The second-order valence-electron chi connectivity index (χ2n) is 12.8. The summed E-state index contributed by atoms with van der Waals surface area (Å²) in [6.07, 6.45) is -1.33. The fourth-order valence-corrected chi connectivity index (χ4v) is 9.25. The van der Waals surface area contributed by atoms with Gasteiger partial charge >= 0.3 is 12.3 Å². The molecule has 3 fully saturated rings. The highest BCUT2D eigenvalue weighted by molar-refractivity contribution is 7.89. The third-order valence-electron chi connectivity index (χ3n) is 9.85. The Morgan fingerprint density at radius 2 is 1.83 bits per heavy atom. The fraction of sp³-hybridized carbons (Fsp3) is 0.594. The van der Waals surface area contributed by atoms with E-state index in [1.165, 1.54) is 10.5 Å². The van der Waals surface area contributed by atoms with E-state index in [1.807, 2.05) is 0 Å². The lowest BCUT2D eigenvalue weighted by Gasteiger charge is -2.38. The molecule has 5 rings (SSSR count). The monoisotopic (exact) mass is 717 g/mol. The molecule has 0 spiro atoms. The minimum absolute atomic E-state index is 0.0349. The van der Waals surface area contributed by atoms with E-state index in [9.17, 15) is 31.2 Å². The molecule has 2 saturated heterocycles. The number of amides is 2. The lowest BCUT2D eigenvalue weighted by Crippen LogP contribution is -2.57. The third-order valence-corrected chi connectivity index (χ3v) is 12.1. The van der Waals surface area contributed by atoms with Crippen LogP contribution in [0.1, 0.15) is 62.0 Å². The van der Waals surface area contributed by atoms with E-state index in [4.69, 9.17) is 16.3 Å². The number of nitrogens with one attached hydrogen (secondary N) is 3. The van der Waals surface area contributed by atoms with Crippen LogP contribution in [0.4, 0.5) is 28.0 Å². The van der Waals surface area contributed by atoms with Gasteiger partial charge in [0.1, 0.15) is 11.9 Å². The van der Waals surface area contributed by atoms with Crippen molar-refractivity contribution in [2.24, 2.45) is 11.8 Å². The Balaban J connectivity index is 1.41. The summed E-state index contributed by atoms with van der Waals surface area (Å²) in [4.78, 5) is 30.6. The number of nitrogens with zero attached hydrogens (tertiary/aromatic N) is 2. The van der Waals surface area contributed by atoms with Gasteiger partial charge in [-0.25, -0.2) is 17.6 Å². The van der Waals surface area contributed by atoms with Gasteiger partial charge in [0.05, 0.1) is 36.9 Å². The average molecular weight is 718 g/mol. The van der Waals surface area contributed by atoms with Gasteiger partial charge < -0.3 is 20.7 Å². The largest absolute Gasteiger partial charge is 0.453 e. The summed E-state index contributed by atoms with van der Waals surface area (Å²) in [7, 11) is -2.35. The van der Waals surface area contributed by atoms with Crippen molar-refractivity contribution in [1.82, 2.24) is 19.9 Å². The maximum absolute atomic E-state index is 15.3. The number of carbonyl (C=O) groups excluding carboxylic acids is 2. The number of alkyl halides is 3. The van der Waals surface area contributed by atoms with Crippen LogP contribution in [0.15, 0.2) is 36.7 Å². The summed E-state index contributed by atoms with van der Waals surface area (Å²) in [6.45, 7) is 0.746. The van der Waals surface area contributed by atoms with Crippen LogP contribution in [-0.2, 0) is 26.0 Å². The number of piperazine rings is 1. The molecule has 3 aliphatic rings. The van der Waals surface area contributed by atoms with Gasteiger partial charge in [0, 0.05) is 41.7 Å². The Morgan fingerprint density at radius 3 is 2.50 bits per heavy atom. The van der Waals surface area contributed by atoms with E-state index in [-0.39, 0.29) is 61.6 Å². The first-order valence-corrected chi connectivity index (χ1v) is 18.1. The Hall–Kier alpha value is -3.01. The molecule has 3 heterocycles. The molecule has 1 saturated carbocycles. The van der Waals surface area contributed by atoms with Gasteiger partial charge in [0.15, 0.2) is 0 Å². The first-order chi connectivity index (χ1) is 22.8. The minimum atomic E-state index is -4.34. The van der Waals surface area contributed by atoms with E-state index < -0.39 is 63.9 Å². The van der Waals surface area contributed by atoms with E-state index in [0.29, 0.717) is 30.1 Å². The average Bonchev–Trinajstić information content (AvgIpc) is 3.16. The highest BCUT2D eigenvalue weighted by Gasteiger charge is 2.45. The number of hydrogen-bond donors (Lipinski definition) is 3. The van der Waals surface area contributed by atoms with Gasteiger partial charge in [-0.3, -0.25) is 9.78 Å². The predicted molar refractivity (Wildman–Crippen MR) is 171 cm³/mol. The maximum atomic E-state index is 15.3. The lowest BCUT2D eigenvalue weighted by atomic mass is 9.70. The quantitative estimate of drug-likeness (QED) is 0.297. The molecule has 3 N–H and O–H groups in total. The number of carbonyl (C=O) groups is 2. The summed E-state index contributed by atoms with van der Waals surface area (Å²) in [5.41, 5.74) is 0.719. The van der Waals surface area contributed by atoms with Crippen LogP contribution >= 0.6 is 11.6 Å². The standard InChI is InChI=1S/C32H40ClF4N5O5S/c1-47-31(44)41-29(28(20-6-10-22(33)11-7-20)19-4-8-21(9-5-19)32(35,36)37)30(43)40-27-17-38-16-26(34)25(27)13-12-24-15-39-23-3-2-14-48(45,46)42(24)18-23/h6-7,10-11,16-17,19,21,23-24,28-29,39H,2-5,8-9,12-15,18H2,1H3,(H,40,43)(H,41,44)/t19?,21?,23-,24?,28-,29+/m1/s1. The number of benzene rings is 1. The highest BCUT2D eigenvalue weighted by Crippen LogP contribution is 2.45. The van der Waals surface area contributed by atoms with Crippen molar-refractivity contribution in [2.75, 3.05) is 31.3 Å². The molecule has 2 bridgehead atoms. The number of fused-ring (bicyclic) bond motifs is 2. The number of alkyl carbamates (subject to hydrolysis) is 1. The summed E-state index contributed by atoms with van der Waals surface area (Å²) in [5, 5.41) is 9.07. The van der Waals surface area contributed by atoms with E-state index >= 15 is 4.39 Å². The van der Waals surface area contributed by atoms with E-state index in [2.05, 4.69) is 20.9 Å². The molecule has 1 aliphatic carbocycles. The number of halogens is 5. The number of sulfonamides is 1. The number of rotatable bonds is 9. The Morgan fingerprint density at radius 1 is 1.12 bits per heavy atom. The van der Waals surface area contributed by atoms with Crippen LogP contribution in [0.2, 0.25) is 5.02 Å². The molecule has 16 heteroatoms.